The Kier molecular flexibility index (Phi) is 9.77. The van der Waals surface area contributed by atoms with Gasteiger partial charge in [-0.1, -0.05) is 0 Å². The molecule has 178 valence electrons. The van der Waals surface area contributed by atoms with Gasteiger partial charge in [-0.15, -0.1) is 0 Å². The van der Waals surface area contributed by atoms with Crippen LogP contribution in [0.5, 0.6) is 0 Å². The first-order valence-corrected chi connectivity index (χ1v) is 17.3. The Labute approximate surface area is 231 Å². The van der Waals surface area contributed by atoms with E-state index in [1.807, 2.05) is 5.31 Å². The standard InChI is InChI=1S/C21H28P.C9H7.2ClH.Zr/c1-3-11-19(12-4-1)22(20-13-5-2-6-14-20)21-15-17-9-7-8-10-18(17)16-21;1-2-5-9-7-3-6-8(9)4-1;;;/h7-10,15-16,19-20H,1-6,11-14H2;1-7H;2*1H;/q;;;;+2/p-2. The van der Waals surface area contributed by atoms with Crippen LogP contribution in [0.3, 0.4) is 0 Å². The summed E-state index contributed by atoms with van der Waals surface area (Å²) >= 11 is -0.714. The van der Waals surface area contributed by atoms with Gasteiger partial charge >= 0.3 is 208 Å². The quantitative estimate of drug-likeness (QED) is 0.472. The third-order valence-electron chi connectivity index (χ3n) is 8.29. The molecule has 0 bridgehead atoms. The van der Waals surface area contributed by atoms with E-state index >= 15 is 0 Å². The third-order valence-corrected chi connectivity index (χ3v) is 16.9. The number of rotatable bonds is 5. The van der Waals surface area contributed by atoms with Gasteiger partial charge in [-0.05, 0) is 0 Å². The summed E-state index contributed by atoms with van der Waals surface area (Å²) in [6.45, 7) is 0. The van der Waals surface area contributed by atoms with E-state index in [0.717, 1.165) is 18.6 Å². The van der Waals surface area contributed by atoms with Crippen molar-refractivity contribution in [3.63, 3.8) is 0 Å². The zero-order valence-corrected chi connectivity index (χ0v) is 24.8. The number of fused-ring (bicyclic) bond motifs is 2. The van der Waals surface area contributed by atoms with Crippen LogP contribution in [0.1, 0.15) is 93.7 Å². The van der Waals surface area contributed by atoms with Gasteiger partial charge in [0.2, 0.25) is 0 Å². The molecule has 0 heterocycles. The fourth-order valence-corrected chi connectivity index (χ4v) is 16.5. The second-order valence-corrected chi connectivity index (χ2v) is 16.8. The molecule has 2 aromatic rings. The normalized spacial score (nSPS) is 24.0. The van der Waals surface area contributed by atoms with E-state index in [-0.39, 0.29) is 32.7 Å². The number of hydrogen-bond donors (Lipinski definition) is 0. The molecule has 0 amide bonds. The summed E-state index contributed by atoms with van der Waals surface area (Å²) in [6, 6.07) is 18.7. The maximum Gasteiger partial charge on any atom is -1.00 e. The Morgan fingerprint density at radius 1 is 0.647 bits per heavy atom. The van der Waals surface area contributed by atoms with Crippen molar-refractivity contribution >= 4 is 20.1 Å². The molecule has 4 aliphatic carbocycles. The van der Waals surface area contributed by atoms with Crippen LogP contribution < -0.4 is 24.8 Å². The van der Waals surface area contributed by atoms with Crippen LogP contribution in [0.25, 0.3) is 12.2 Å². The van der Waals surface area contributed by atoms with Crippen molar-refractivity contribution < 1.29 is 48.0 Å². The summed E-state index contributed by atoms with van der Waals surface area (Å²) in [5.41, 5.74) is 8.40. The number of benzene rings is 2. The molecule has 0 saturated heterocycles. The predicted molar refractivity (Wildman–Crippen MR) is 136 cm³/mol. The molecule has 2 atom stereocenters. The van der Waals surface area contributed by atoms with Gasteiger partial charge in [0.1, 0.15) is 0 Å². The number of hydrogen-bond acceptors (Lipinski definition) is 0. The summed E-state index contributed by atoms with van der Waals surface area (Å²) in [5.74, 6) is 0. The Morgan fingerprint density at radius 3 is 1.85 bits per heavy atom. The molecule has 2 fully saturated rings. The SMILES string of the molecule is C1=C[CH]([Zr+2][CH]2C(P(C3CCCCC3)C3CCCCC3)=Cc3ccccc32)c2ccccc21.[Cl-].[Cl-]. The summed E-state index contributed by atoms with van der Waals surface area (Å²) < 4.78 is 1.54. The van der Waals surface area contributed by atoms with Crippen LogP contribution in [-0.2, 0) is 23.2 Å². The first-order chi connectivity index (χ1) is 15.9. The number of halogens is 2. The fourth-order valence-electron chi connectivity index (χ4n) is 6.72. The molecular weight excluding hydrogens is 553 g/mol. The Bertz CT molecular complexity index is 1000. The first kappa shape index (κ1) is 26.9. The first-order valence-electron chi connectivity index (χ1n) is 13.0. The van der Waals surface area contributed by atoms with Crippen molar-refractivity contribution in [3.8, 4) is 0 Å². The van der Waals surface area contributed by atoms with Gasteiger partial charge in [0.05, 0.1) is 0 Å². The van der Waals surface area contributed by atoms with Crippen molar-refractivity contribution in [3.05, 3.63) is 82.2 Å². The van der Waals surface area contributed by atoms with Gasteiger partial charge < -0.3 is 24.8 Å². The molecule has 6 rings (SSSR count). The van der Waals surface area contributed by atoms with E-state index < -0.39 is 23.2 Å². The van der Waals surface area contributed by atoms with Gasteiger partial charge in [0.15, 0.2) is 0 Å². The van der Waals surface area contributed by atoms with Gasteiger partial charge in [-0.2, -0.15) is 0 Å². The van der Waals surface area contributed by atoms with E-state index in [1.165, 1.54) is 69.8 Å². The van der Waals surface area contributed by atoms with Crippen molar-refractivity contribution in [2.75, 3.05) is 0 Å². The Hall–Kier alpha value is -0.187. The topological polar surface area (TPSA) is 0 Å². The molecule has 34 heavy (non-hydrogen) atoms. The Morgan fingerprint density at radius 2 is 1.21 bits per heavy atom. The monoisotopic (exact) mass is 586 g/mol. The van der Waals surface area contributed by atoms with Crippen LogP contribution in [-0.4, -0.2) is 11.3 Å². The summed E-state index contributed by atoms with van der Waals surface area (Å²) in [5, 5.41) is 1.96. The molecule has 0 aliphatic heterocycles. The largest absolute Gasteiger partial charge is 1.00 e. The van der Waals surface area contributed by atoms with Crippen molar-refractivity contribution in [2.24, 2.45) is 0 Å². The molecule has 4 heteroatoms. The second-order valence-electron chi connectivity index (χ2n) is 10.3. The van der Waals surface area contributed by atoms with E-state index in [4.69, 9.17) is 0 Å². The molecule has 2 saturated carbocycles. The molecule has 0 nitrogen and oxygen atoms in total. The average molecular weight is 589 g/mol. The van der Waals surface area contributed by atoms with Crippen LogP contribution >= 0.6 is 7.92 Å². The van der Waals surface area contributed by atoms with E-state index in [9.17, 15) is 0 Å². The van der Waals surface area contributed by atoms with Gasteiger partial charge in [-0.3, -0.25) is 0 Å². The molecule has 0 N–H and O–H groups in total. The molecule has 0 spiro atoms. The van der Waals surface area contributed by atoms with Gasteiger partial charge in [0, 0.05) is 0 Å². The fraction of sp³-hybridized carbons (Fsp3) is 0.467. The van der Waals surface area contributed by atoms with Crippen molar-refractivity contribution in [1.82, 2.24) is 0 Å². The predicted octanol–water partition coefficient (Wildman–Crippen LogP) is 3.09. The average Bonchev–Trinajstić information content (AvgIpc) is 3.43. The van der Waals surface area contributed by atoms with Crippen molar-refractivity contribution in [2.45, 2.75) is 82.8 Å². The molecule has 0 radical (unpaired) electrons. The van der Waals surface area contributed by atoms with Gasteiger partial charge in [-0.25, -0.2) is 0 Å². The van der Waals surface area contributed by atoms with Gasteiger partial charge in [0.25, 0.3) is 0 Å². The minimum Gasteiger partial charge on any atom is -1.00 e. The minimum atomic E-state index is -0.714. The third kappa shape index (κ3) is 5.40. The number of allylic oxidation sites excluding steroid dienone is 2. The van der Waals surface area contributed by atoms with E-state index in [2.05, 4.69) is 66.8 Å². The van der Waals surface area contributed by atoms with Crippen LogP contribution in [0, 0.1) is 0 Å². The zero-order chi connectivity index (χ0) is 21.3. The zero-order valence-electron chi connectivity index (χ0n) is 19.9. The molecule has 2 unspecified atom stereocenters. The summed E-state index contributed by atoms with van der Waals surface area (Å²) in [7, 11) is 0.00824. The smallest absolute Gasteiger partial charge is 1.00 e. The molecular formula is C30H35Cl2PZr. The van der Waals surface area contributed by atoms with Crippen molar-refractivity contribution in [1.29, 1.82) is 0 Å². The molecule has 2 aromatic carbocycles. The Balaban J connectivity index is 0.00000137. The maximum atomic E-state index is 2.74. The van der Waals surface area contributed by atoms with Crippen LogP contribution in [0.15, 0.2) is 59.9 Å². The molecule has 4 aliphatic rings. The van der Waals surface area contributed by atoms with E-state index in [1.54, 1.807) is 16.7 Å². The molecule has 0 aromatic heterocycles. The van der Waals surface area contributed by atoms with Crippen LogP contribution in [0.2, 0.25) is 0 Å². The maximum absolute atomic E-state index is 2.74. The van der Waals surface area contributed by atoms with E-state index in [0.29, 0.717) is 0 Å². The van der Waals surface area contributed by atoms with Crippen LogP contribution in [0.4, 0.5) is 0 Å². The second kappa shape index (κ2) is 12.4. The summed E-state index contributed by atoms with van der Waals surface area (Å²) in [6.07, 6.45) is 22.7. The minimum absolute atomic E-state index is 0. The summed E-state index contributed by atoms with van der Waals surface area (Å²) in [4.78, 5) is 0.